The van der Waals surface area contributed by atoms with E-state index in [0.717, 1.165) is 66.3 Å². The fraction of sp³-hybridized carbons (Fsp3) is 0.219. The zero-order valence-electron chi connectivity index (χ0n) is 22.3. The molecular weight excluding hydrogens is 527 g/mol. The van der Waals surface area contributed by atoms with Crippen LogP contribution in [0, 0.1) is 5.82 Å². The first kappa shape index (κ1) is 27.6. The number of halogens is 2. The van der Waals surface area contributed by atoms with Crippen molar-refractivity contribution in [2.24, 2.45) is 4.99 Å². The summed E-state index contributed by atoms with van der Waals surface area (Å²) < 4.78 is 26.1. The number of ether oxygens (including phenoxy) is 2. The molecule has 0 radical (unpaired) electrons. The predicted molar refractivity (Wildman–Crippen MR) is 160 cm³/mol. The Kier molecular flexibility index (Phi) is 8.96. The lowest BCUT2D eigenvalue weighted by atomic mass is 9.96. The third-order valence-corrected chi connectivity index (χ3v) is 7.03. The van der Waals surface area contributed by atoms with Gasteiger partial charge in [0.25, 0.3) is 0 Å². The first-order valence-electron chi connectivity index (χ1n) is 13.1. The molecule has 1 saturated heterocycles. The van der Waals surface area contributed by atoms with E-state index >= 15 is 0 Å². The van der Waals surface area contributed by atoms with E-state index < -0.39 is 5.82 Å². The van der Waals surface area contributed by atoms with Crippen LogP contribution >= 0.6 is 11.6 Å². The van der Waals surface area contributed by atoms with Crippen LogP contribution in [0.3, 0.4) is 0 Å². The number of benzene rings is 2. The highest BCUT2D eigenvalue weighted by molar-refractivity contribution is 6.30. The molecule has 3 heterocycles. The first-order chi connectivity index (χ1) is 19.5. The van der Waals surface area contributed by atoms with Crippen molar-refractivity contribution >= 4 is 40.5 Å². The van der Waals surface area contributed by atoms with E-state index in [-0.39, 0.29) is 0 Å². The second-order valence-electron chi connectivity index (χ2n) is 9.48. The first-order valence-corrected chi connectivity index (χ1v) is 13.5. The minimum atomic E-state index is -0.413. The number of hydrogen-bond donors (Lipinski definition) is 0. The average molecular weight is 557 g/mol. The van der Waals surface area contributed by atoms with E-state index in [9.17, 15) is 4.39 Å². The molecule has 6 nitrogen and oxygen atoms in total. The van der Waals surface area contributed by atoms with Crippen LogP contribution in [0.25, 0.3) is 33.4 Å². The molecule has 40 heavy (non-hydrogen) atoms. The van der Waals surface area contributed by atoms with Crippen LogP contribution in [0.2, 0.25) is 5.02 Å². The molecule has 2 aromatic carbocycles. The summed E-state index contributed by atoms with van der Waals surface area (Å²) in [5.74, 6) is 0.414. The highest BCUT2D eigenvalue weighted by Crippen LogP contribution is 2.33. The van der Waals surface area contributed by atoms with Crippen LogP contribution in [0.5, 0.6) is 5.75 Å². The van der Waals surface area contributed by atoms with Gasteiger partial charge in [0.05, 0.1) is 18.9 Å². The van der Waals surface area contributed by atoms with Gasteiger partial charge in [-0.3, -0.25) is 9.89 Å². The number of rotatable bonds is 9. The Balaban J connectivity index is 1.42. The Morgan fingerprint density at radius 2 is 1.95 bits per heavy atom. The van der Waals surface area contributed by atoms with Gasteiger partial charge in [-0.2, -0.15) is 0 Å². The van der Waals surface area contributed by atoms with Crippen molar-refractivity contribution in [2.75, 3.05) is 39.5 Å². The molecule has 0 N–H and O–H groups in total. The molecule has 0 saturated carbocycles. The number of aromatic nitrogens is 2. The van der Waals surface area contributed by atoms with Crippen LogP contribution in [0.15, 0.2) is 84.1 Å². The van der Waals surface area contributed by atoms with Crippen molar-refractivity contribution in [1.29, 1.82) is 0 Å². The summed E-state index contributed by atoms with van der Waals surface area (Å²) in [6.07, 6.45) is 5.38. The van der Waals surface area contributed by atoms with Crippen molar-refractivity contribution in [2.45, 2.75) is 6.92 Å². The SMILES string of the molecule is C=N/C=C(\C=C(/C)c1ccc(OCCN2CCOCC2)cc1)c1cc(-c2cc(Cl)ccc2F)nc2ncccc12. The molecular formula is C32H30ClFN4O2. The number of fused-ring (bicyclic) bond motifs is 1. The van der Waals surface area contributed by atoms with Gasteiger partial charge in [-0.15, -0.1) is 0 Å². The Labute approximate surface area is 238 Å². The van der Waals surface area contributed by atoms with Crippen molar-refractivity contribution in [3.63, 3.8) is 0 Å². The average Bonchev–Trinajstić information content (AvgIpc) is 2.98. The van der Waals surface area contributed by atoms with Crippen molar-refractivity contribution in [1.82, 2.24) is 14.9 Å². The van der Waals surface area contributed by atoms with Gasteiger partial charge >= 0.3 is 0 Å². The van der Waals surface area contributed by atoms with Crippen LogP contribution < -0.4 is 4.74 Å². The minimum absolute atomic E-state index is 0.303. The van der Waals surface area contributed by atoms with Crippen LogP contribution in [0.1, 0.15) is 18.1 Å². The quantitative estimate of drug-likeness (QED) is 0.165. The van der Waals surface area contributed by atoms with E-state index in [1.807, 2.05) is 55.5 Å². The zero-order chi connectivity index (χ0) is 27.9. The molecule has 1 aliphatic heterocycles. The summed E-state index contributed by atoms with van der Waals surface area (Å²) in [5.41, 5.74) is 4.88. The van der Waals surface area contributed by atoms with Gasteiger partial charge < -0.3 is 9.47 Å². The fourth-order valence-electron chi connectivity index (χ4n) is 4.66. The molecule has 0 unspecified atom stereocenters. The number of aliphatic imine (C=N–C) groups is 1. The van der Waals surface area contributed by atoms with E-state index in [1.54, 1.807) is 18.5 Å². The van der Waals surface area contributed by atoms with E-state index in [4.69, 9.17) is 21.1 Å². The lowest BCUT2D eigenvalue weighted by Crippen LogP contribution is -2.38. The second-order valence-corrected chi connectivity index (χ2v) is 9.91. The molecule has 0 bridgehead atoms. The Morgan fingerprint density at radius 1 is 1.15 bits per heavy atom. The zero-order valence-corrected chi connectivity index (χ0v) is 23.1. The topological polar surface area (TPSA) is 59.8 Å². The third-order valence-electron chi connectivity index (χ3n) is 6.79. The Hall–Kier alpha value is -3.91. The third kappa shape index (κ3) is 6.62. The molecule has 204 valence electrons. The molecule has 0 spiro atoms. The van der Waals surface area contributed by atoms with E-state index in [0.29, 0.717) is 28.5 Å². The maximum Gasteiger partial charge on any atom is 0.160 e. The van der Waals surface area contributed by atoms with Gasteiger partial charge in [-0.1, -0.05) is 23.7 Å². The maximum atomic E-state index is 14.8. The molecule has 8 heteroatoms. The fourth-order valence-corrected chi connectivity index (χ4v) is 4.83. The summed E-state index contributed by atoms with van der Waals surface area (Å²) in [6.45, 7) is 10.7. The van der Waals surface area contributed by atoms with Gasteiger partial charge in [0.2, 0.25) is 0 Å². The van der Waals surface area contributed by atoms with Gasteiger partial charge in [-0.05, 0) is 84.9 Å². The molecule has 1 fully saturated rings. The van der Waals surface area contributed by atoms with Crippen molar-refractivity contribution < 1.29 is 13.9 Å². The Morgan fingerprint density at radius 3 is 2.73 bits per heavy atom. The van der Waals surface area contributed by atoms with Crippen molar-refractivity contribution in [3.8, 4) is 17.0 Å². The monoisotopic (exact) mass is 556 g/mol. The lowest BCUT2D eigenvalue weighted by molar-refractivity contribution is 0.0322. The number of pyridine rings is 2. The number of nitrogens with zero attached hydrogens (tertiary/aromatic N) is 4. The molecule has 2 aromatic heterocycles. The highest BCUT2D eigenvalue weighted by atomic mass is 35.5. The maximum absolute atomic E-state index is 14.8. The van der Waals surface area contributed by atoms with E-state index in [2.05, 4.69) is 26.6 Å². The lowest BCUT2D eigenvalue weighted by Gasteiger charge is -2.26. The van der Waals surface area contributed by atoms with Gasteiger partial charge in [0.15, 0.2) is 5.65 Å². The van der Waals surface area contributed by atoms with Gasteiger partial charge in [0, 0.05) is 53.6 Å². The molecule has 5 rings (SSSR count). The molecule has 0 atom stereocenters. The summed E-state index contributed by atoms with van der Waals surface area (Å²) in [5, 5.41) is 1.24. The molecule has 0 amide bonds. The normalized spacial score (nSPS) is 14.9. The number of hydrogen-bond acceptors (Lipinski definition) is 6. The minimum Gasteiger partial charge on any atom is -0.492 e. The standard InChI is InChI=1S/C32H30ClFN4O2/c1-22(23-5-8-26(9-6-23)40-17-14-38-12-15-39-16-13-38)18-24(21-35-2)28-20-31(29-19-25(33)7-10-30(29)34)37-32-27(28)4-3-11-36-32/h3-11,18-21H,2,12-17H2,1H3/b22-18+,24-21+. The Bertz CT molecular complexity index is 1560. The molecule has 0 aliphatic carbocycles. The smallest absolute Gasteiger partial charge is 0.160 e. The largest absolute Gasteiger partial charge is 0.492 e. The van der Waals surface area contributed by atoms with Crippen LogP contribution in [-0.4, -0.2) is 61.0 Å². The van der Waals surface area contributed by atoms with Crippen LogP contribution in [-0.2, 0) is 4.74 Å². The van der Waals surface area contributed by atoms with Crippen molar-refractivity contribution in [3.05, 3.63) is 101 Å². The van der Waals surface area contributed by atoms with Gasteiger partial charge in [-0.25, -0.2) is 14.4 Å². The number of allylic oxidation sites excluding steroid dienone is 3. The summed E-state index contributed by atoms with van der Waals surface area (Å²) in [6, 6.07) is 18.1. The predicted octanol–water partition coefficient (Wildman–Crippen LogP) is 6.95. The summed E-state index contributed by atoms with van der Waals surface area (Å²) in [7, 11) is 0. The van der Waals surface area contributed by atoms with E-state index in [1.165, 1.54) is 12.1 Å². The molecule has 1 aliphatic rings. The summed E-state index contributed by atoms with van der Waals surface area (Å²) >= 11 is 6.18. The molecule has 4 aromatic rings. The highest BCUT2D eigenvalue weighted by Gasteiger charge is 2.15. The van der Waals surface area contributed by atoms with Crippen LogP contribution in [0.4, 0.5) is 4.39 Å². The van der Waals surface area contributed by atoms with Gasteiger partial charge in [0.1, 0.15) is 18.2 Å². The summed E-state index contributed by atoms with van der Waals surface area (Å²) in [4.78, 5) is 15.5. The number of morpholine rings is 1. The second kappa shape index (κ2) is 13.0.